The van der Waals surface area contributed by atoms with Gasteiger partial charge in [0.2, 0.25) is 5.91 Å². The normalized spacial score (nSPS) is 18.1. The third-order valence-electron chi connectivity index (χ3n) is 6.87. The van der Waals surface area contributed by atoms with Crippen molar-refractivity contribution < 1.29 is 4.79 Å². The maximum absolute atomic E-state index is 13.1. The molecule has 5 rings (SSSR count). The van der Waals surface area contributed by atoms with Gasteiger partial charge in [-0.3, -0.25) is 9.36 Å². The van der Waals surface area contributed by atoms with Crippen molar-refractivity contribution in [1.82, 2.24) is 24.4 Å². The Morgan fingerprint density at radius 1 is 0.938 bits per heavy atom. The van der Waals surface area contributed by atoms with Crippen molar-refractivity contribution >= 4 is 11.7 Å². The standard InChI is InChI=1S/C25H30N6O/c32-25(30-11-6-21(7-12-30)16-20-4-2-1-3-5-20)22-8-13-29(14-9-22)23-17-24(28-18-27-23)31-15-10-26-19-31/h1-5,10,15,17-19,21-22H,6-9,11-14,16H2. The Morgan fingerprint density at radius 3 is 2.41 bits per heavy atom. The first-order chi connectivity index (χ1) is 15.8. The zero-order valence-electron chi connectivity index (χ0n) is 18.4. The Labute approximate surface area is 189 Å². The third kappa shape index (κ3) is 4.66. The van der Waals surface area contributed by atoms with Crippen LogP contribution < -0.4 is 4.90 Å². The van der Waals surface area contributed by atoms with E-state index in [1.54, 1.807) is 18.9 Å². The van der Waals surface area contributed by atoms with Crippen LogP contribution in [0.4, 0.5) is 5.82 Å². The summed E-state index contributed by atoms with van der Waals surface area (Å²) in [5.74, 6) is 2.89. The number of aromatic nitrogens is 4. The molecule has 0 unspecified atom stereocenters. The maximum Gasteiger partial charge on any atom is 0.225 e. The molecule has 2 aromatic heterocycles. The minimum atomic E-state index is 0.131. The Balaban J connectivity index is 1.12. The van der Waals surface area contributed by atoms with Gasteiger partial charge >= 0.3 is 0 Å². The Kier molecular flexibility index (Phi) is 6.14. The van der Waals surface area contributed by atoms with Gasteiger partial charge in [-0.1, -0.05) is 30.3 Å². The molecular weight excluding hydrogens is 400 g/mol. The van der Waals surface area contributed by atoms with Crippen LogP contribution in [0.15, 0.2) is 61.4 Å². The number of benzene rings is 1. The average Bonchev–Trinajstić information content (AvgIpc) is 3.40. The topological polar surface area (TPSA) is 67.2 Å². The summed E-state index contributed by atoms with van der Waals surface area (Å²) in [6.45, 7) is 3.50. The number of anilines is 1. The van der Waals surface area contributed by atoms with Gasteiger partial charge in [0.1, 0.15) is 24.3 Å². The zero-order chi connectivity index (χ0) is 21.8. The minimum absolute atomic E-state index is 0.131. The SMILES string of the molecule is O=C(C1CCN(c2cc(-n3ccnc3)ncn2)CC1)N1CCC(Cc2ccccc2)CC1. The van der Waals surface area contributed by atoms with Crippen molar-refractivity contribution in [2.45, 2.75) is 32.1 Å². The van der Waals surface area contributed by atoms with E-state index < -0.39 is 0 Å². The summed E-state index contributed by atoms with van der Waals surface area (Å²) < 4.78 is 1.88. The molecule has 0 N–H and O–H groups in total. The molecule has 0 spiro atoms. The van der Waals surface area contributed by atoms with Crippen molar-refractivity contribution in [2.75, 3.05) is 31.1 Å². The smallest absolute Gasteiger partial charge is 0.225 e. The lowest BCUT2D eigenvalue weighted by atomic mass is 9.88. The summed E-state index contributed by atoms with van der Waals surface area (Å²) in [5, 5.41) is 0. The first-order valence-electron chi connectivity index (χ1n) is 11.6. The highest BCUT2D eigenvalue weighted by atomic mass is 16.2. The van der Waals surface area contributed by atoms with Gasteiger partial charge in [0.05, 0.1) is 0 Å². The summed E-state index contributed by atoms with van der Waals surface area (Å²) >= 11 is 0. The summed E-state index contributed by atoms with van der Waals surface area (Å²) in [4.78, 5) is 30.4. The molecule has 1 amide bonds. The Morgan fingerprint density at radius 2 is 1.69 bits per heavy atom. The fourth-order valence-electron chi connectivity index (χ4n) is 4.96. The Bertz CT molecular complexity index is 1010. The van der Waals surface area contributed by atoms with Crippen molar-refractivity contribution in [3.05, 3.63) is 67.0 Å². The Hall–Kier alpha value is -3.22. The number of nitrogens with zero attached hydrogens (tertiary/aromatic N) is 6. The summed E-state index contributed by atoms with van der Waals surface area (Å²) in [6, 6.07) is 12.7. The summed E-state index contributed by atoms with van der Waals surface area (Å²) in [6.07, 6.45) is 12.1. The molecule has 3 aromatic rings. The van der Waals surface area contributed by atoms with E-state index in [-0.39, 0.29) is 5.92 Å². The number of piperidine rings is 2. The second-order valence-corrected chi connectivity index (χ2v) is 8.92. The van der Waals surface area contributed by atoms with Gasteiger partial charge in [0, 0.05) is 50.6 Å². The van der Waals surface area contributed by atoms with Crippen LogP contribution in [0.5, 0.6) is 0 Å². The molecule has 1 aromatic carbocycles. The molecule has 0 bridgehead atoms. The predicted octanol–water partition coefficient (Wildman–Crippen LogP) is 3.36. The molecular formula is C25H30N6O. The minimum Gasteiger partial charge on any atom is -0.356 e. The van der Waals surface area contributed by atoms with Crippen LogP contribution in [0, 0.1) is 11.8 Å². The number of amides is 1. The highest BCUT2D eigenvalue weighted by molar-refractivity contribution is 5.79. The molecule has 0 saturated carbocycles. The second kappa shape index (κ2) is 9.51. The lowest BCUT2D eigenvalue weighted by molar-refractivity contribution is -0.137. The molecule has 4 heterocycles. The van der Waals surface area contributed by atoms with Gasteiger partial charge in [-0.25, -0.2) is 15.0 Å². The second-order valence-electron chi connectivity index (χ2n) is 8.92. The van der Waals surface area contributed by atoms with Gasteiger partial charge < -0.3 is 9.80 Å². The number of carbonyl (C=O) groups excluding carboxylic acids is 1. The van der Waals surface area contributed by atoms with E-state index in [2.05, 4.69) is 55.1 Å². The molecule has 2 aliphatic heterocycles. The van der Waals surface area contributed by atoms with Crippen molar-refractivity contribution in [3.8, 4) is 5.82 Å². The van der Waals surface area contributed by atoms with Crippen molar-refractivity contribution in [2.24, 2.45) is 11.8 Å². The molecule has 32 heavy (non-hydrogen) atoms. The van der Waals surface area contributed by atoms with E-state index in [0.29, 0.717) is 11.8 Å². The molecule has 0 aliphatic carbocycles. The lowest BCUT2D eigenvalue weighted by Crippen LogP contribution is -2.45. The van der Waals surface area contributed by atoms with Crippen LogP contribution in [-0.4, -0.2) is 56.5 Å². The van der Waals surface area contributed by atoms with E-state index in [1.807, 2.05) is 16.8 Å². The molecule has 7 heteroatoms. The largest absolute Gasteiger partial charge is 0.356 e. The monoisotopic (exact) mass is 430 g/mol. The predicted molar refractivity (Wildman–Crippen MR) is 124 cm³/mol. The number of likely N-dealkylation sites (tertiary alicyclic amines) is 1. The maximum atomic E-state index is 13.1. The van der Waals surface area contributed by atoms with Crippen LogP contribution in [0.2, 0.25) is 0 Å². The molecule has 0 radical (unpaired) electrons. The number of carbonyl (C=O) groups is 1. The lowest BCUT2D eigenvalue weighted by Gasteiger charge is -2.37. The van der Waals surface area contributed by atoms with Crippen LogP contribution in [0.3, 0.4) is 0 Å². The van der Waals surface area contributed by atoms with Gasteiger partial charge in [-0.2, -0.15) is 0 Å². The first-order valence-corrected chi connectivity index (χ1v) is 11.6. The highest BCUT2D eigenvalue weighted by Gasteiger charge is 2.31. The molecule has 7 nitrogen and oxygen atoms in total. The summed E-state index contributed by atoms with van der Waals surface area (Å²) in [5.41, 5.74) is 1.41. The molecule has 2 fully saturated rings. The van der Waals surface area contributed by atoms with E-state index in [1.165, 1.54) is 5.56 Å². The fourth-order valence-corrected chi connectivity index (χ4v) is 4.96. The first kappa shape index (κ1) is 20.7. The van der Waals surface area contributed by atoms with Crippen molar-refractivity contribution in [3.63, 3.8) is 0 Å². The highest BCUT2D eigenvalue weighted by Crippen LogP contribution is 2.27. The molecule has 166 valence electrons. The number of hydrogen-bond acceptors (Lipinski definition) is 5. The fraction of sp³-hybridized carbons (Fsp3) is 0.440. The number of rotatable bonds is 5. The molecule has 2 saturated heterocycles. The van der Waals surface area contributed by atoms with Crippen LogP contribution in [-0.2, 0) is 11.2 Å². The number of hydrogen-bond donors (Lipinski definition) is 0. The van der Waals surface area contributed by atoms with E-state index in [9.17, 15) is 4.79 Å². The van der Waals surface area contributed by atoms with Gasteiger partial charge in [0.15, 0.2) is 0 Å². The molecule has 2 aliphatic rings. The van der Waals surface area contributed by atoms with Crippen molar-refractivity contribution in [1.29, 1.82) is 0 Å². The third-order valence-corrected chi connectivity index (χ3v) is 6.87. The van der Waals surface area contributed by atoms with Gasteiger partial charge in [-0.15, -0.1) is 0 Å². The van der Waals surface area contributed by atoms with E-state index >= 15 is 0 Å². The zero-order valence-corrected chi connectivity index (χ0v) is 18.4. The van der Waals surface area contributed by atoms with Gasteiger partial charge in [-0.05, 0) is 43.6 Å². The quantitative estimate of drug-likeness (QED) is 0.621. The van der Waals surface area contributed by atoms with Gasteiger partial charge in [0.25, 0.3) is 0 Å². The van der Waals surface area contributed by atoms with Crippen LogP contribution >= 0.6 is 0 Å². The van der Waals surface area contributed by atoms with E-state index in [0.717, 1.165) is 69.9 Å². The summed E-state index contributed by atoms with van der Waals surface area (Å²) in [7, 11) is 0. The van der Waals surface area contributed by atoms with Crippen LogP contribution in [0.1, 0.15) is 31.2 Å². The molecule has 0 atom stereocenters. The van der Waals surface area contributed by atoms with E-state index in [4.69, 9.17) is 0 Å². The van der Waals surface area contributed by atoms with Crippen LogP contribution in [0.25, 0.3) is 5.82 Å². The number of imidazole rings is 1. The average molecular weight is 431 g/mol.